The summed E-state index contributed by atoms with van der Waals surface area (Å²) in [6, 6.07) is 0. The number of aliphatic hydroxyl groups excluding tert-OH is 1. The largest absolute Gasteiger partial charge is 0.394 e. The van der Waals surface area contributed by atoms with Crippen molar-refractivity contribution in [3.8, 4) is 0 Å². The highest BCUT2D eigenvalue weighted by Crippen LogP contribution is 2.27. The second-order valence-corrected chi connectivity index (χ2v) is 4.28. The zero-order valence-corrected chi connectivity index (χ0v) is 10.4. The van der Waals surface area contributed by atoms with E-state index >= 15 is 0 Å². The minimum absolute atomic E-state index is 0.0366. The Morgan fingerprint density at radius 1 is 1.59 bits per heavy atom. The number of aliphatic hydroxyl groups is 1. The number of hydrogen-bond acceptors (Lipinski definition) is 5. The Balaban J connectivity index is 2.24. The van der Waals surface area contributed by atoms with E-state index in [2.05, 4.69) is 10.00 Å². The molecule has 0 radical (unpaired) electrons. The van der Waals surface area contributed by atoms with Gasteiger partial charge in [0.15, 0.2) is 5.82 Å². The first kappa shape index (κ1) is 12.2. The van der Waals surface area contributed by atoms with Crippen LogP contribution in [0.15, 0.2) is 0 Å². The van der Waals surface area contributed by atoms with Gasteiger partial charge in [0.25, 0.3) is 0 Å². The van der Waals surface area contributed by atoms with Crippen LogP contribution in [-0.2, 0) is 18.2 Å². The molecule has 2 heterocycles. The SMILES string of the molecule is CCc1nn(C)c(N2CCOC(CO)C2)c1N. The van der Waals surface area contributed by atoms with Crippen molar-refractivity contribution >= 4 is 11.5 Å². The predicted octanol–water partition coefficient (Wildman–Crippen LogP) is -0.238. The molecule has 1 unspecified atom stereocenters. The van der Waals surface area contributed by atoms with Crippen molar-refractivity contribution in [2.75, 3.05) is 36.9 Å². The first-order valence-electron chi connectivity index (χ1n) is 5.96. The van der Waals surface area contributed by atoms with E-state index in [-0.39, 0.29) is 12.7 Å². The average Bonchev–Trinajstić information content (AvgIpc) is 2.64. The smallest absolute Gasteiger partial charge is 0.150 e. The van der Waals surface area contributed by atoms with Crippen LogP contribution in [0.4, 0.5) is 11.5 Å². The van der Waals surface area contributed by atoms with Gasteiger partial charge in [-0.15, -0.1) is 0 Å². The van der Waals surface area contributed by atoms with Crippen LogP contribution in [-0.4, -0.2) is 47.3 Å². The lowest BCUT2D eigenvalue weighted by atomic mass is 10.2. The van der Waals surface area contributed by atoms with Crippen molar-refractivity contribution in [3.05, 3.63) is 5.69 Å². The second kappa shape index (κ2) is 4.93. The van der Waals surface area contributed by atoms with Gasteiger partial charge in [0.1, 0.15) is 0 Å². The van der Waals surface area contributed by atoms with Crippen molar-refractivity contribution in [3.63, 3.8) is 0 Å². The molecule has 1 aliphatic heterocycles. The molecular formula is C11H20N4O2. The quantitative estimate of drug-likeness (QED) is 0.762. The van der Waals surface area contributed by atoms with Crippen molar-refractivity contribution in [2.24, 2.45) is 7.05 Å². The summed E-state index contributed by atoms with van der Waals surface area (Å²) in [6.07, 6.45) is 0.691. The normalized spacial score (nSPS) is 20.9. The van der Waals surface area contributed by atoms with E-state index in [0.717, 1.165) is 30.2 Å². The Morgan fingerprint density at radius 2 is 2.35 bits per heavy atom. The zero-order valence-electron chi connectivity index (χ0n) is 10.4. The highest BCUT2D eigenvalue weighted by atomic mass is 16.5. The van der Waals surface area contributed by atoms with E-state index in [4.69, 9.17) is 15.6 Å². The number of morpholine rings is 1. The van der Waals surface area contributed by atoms with Gasteiger partial charge in [-0.25, -0.2) is 0 Å². The average molecular weight is 240 g/mol. The molecule has 0 saturated carbocycles. The van der Waals surface area contributed by atoms with Crippen LogP contribution >= 0.6 is 0 Å². The summed E-state index contributed by atoms with van der Waals surface area (Å²) in [5.74, 6) is 0.934. The topological polar surface area (TPSA) is 76.5 Å². The lowest BCUT2D eigenvalue weighted by molar-refractivity contribution is 0.00323. The molecule has 0 aliphatic carbocycles. The van der Waals surface area contributed by atoms with Gasteiger partial charge < -0.3 is 20.5 Å². The third kappa shape index (κ3) is 2.23. The number of nitrogen functional groups attached to an aromatic ring is 1. The fourth-order valence-electron chi connectivity index (χ4n) is 2.24. The molecule has 1 aromatic heterocycles. The number of ether oxygens (including phenoxy) is 1. The first-order chi connectivity index (χ1) is 8.17. The van der Waals surface area contributed by atoms with Gasteiger partial charge in [-0.3, -0.25) is 4.68 Å². The molecule has 1 fully saturated rings. The van der Waals surface area contributed by atoms with Crippen LogP contribution in [0.5, 0.6) is 0 Å². The Morgan fingerprint density at radius 3 is 2.94 bits per heavy atom. The maximum atomic E-state index is 9.14. The molecule has 6 heteroatoms. The fraction of sp³-hybridized carbons (Fsp3) is 0.727. The minimum atomic E-state index is -0.136. The van der Waals surface area contributed by atoms with Gasteiger partial charge >= 0.3 is 0 Å². The van der Waals surface area contributed by atoms with E-state index in [0.29, 0.717) is 13.2 Å². The lowest BCUT2D eigenvalue weighted by Gasteiger charge is -2.33. The number of rotatable bonds is 3. The van der Waals surface area contributed by atoms with Crippen molar-refractivity contribution < 1.29 is 9.84 Å². The molecule has 1 aromatic rings. The van der Waals surface area contributed by atoms with Crippen molar-refractivity contribution in [1.29, 1.82) is 0 Å². The van der Waals surface area contributed by atoms with Crippen LogP contribution in [0.1, 0.15) is 12.6 Å². The Kier molecular flexibility index (Phi) is 3.54. The third-order valence-corrected chi connectivity index (χ3v) is 3.11. The highest BCUT2D eigenvalue weighted by molar-refractivity contribution is 5.66. The molecule has 6 nitrogen and oxygen atoms in total. The number of aromatic nitrogens is 2. The molecular weight excluding hydrogens is 220 g/mol. The Hall–Kier alpha value is -1.27. The summed E-state index contributed by atoms with van der Waals surface area (Å²) in [5, 5.41) is 13.5. The monoisotopic (exact) mass is 240 g/mol. The third-order valence-electron chi connectivity index (χ3n) is 3.11. The van der Waals surface area contributed by atoms with E-state index < -0.39 is 0 Å². The van der Waals surface area contributed by atoms with E-state index in [1.165, 1.54) is 0 Å². The fourth-order valence-corrected chi connectivity index (χ4v) is 2.24. The number of anilines is 2. The molecule has 0 spiro atoms. The number of nitrogens with two attached hydrogens (primary N) is 1. The van der Waals surface area contributed by atoms with Crippen LogP contribution in [0.3, 0.4) is 0 Å². The summed E-state index contributed by atoms with van der Waals surface area (Å²) < 4.78 is 7.24. The van der Waals surface area contributed by atoms with E-state index in [1.807, 2.05) is 18.7 Å². The summed E-state index contributed by atoms with van der Waals surface area (Å²) in [4.78, 5) is 2.13. The van der Waals surface area contributed by atoms with Gasteiger partial charge in [-0.1, -0.05) is 6.92 Å². The van der Waals surface area contributed by atoms with Gasteiger partial charge in [0, 0.05) is 20.1 Å². The van der Waals surface area contributed by atoms with Gasteiger partial charge in [-0.2, -0.15) is 5.10 Å². The minimum Gasteiger partial charge on any atom is -0.394 e. The van der Waals surface area contributed by atoms with Gasteiger partial charge in [-0.05, 0) is 6.42 Å². The molecule has 3 N–H and O–H groups in total. The predicted molar refractivity (Wildman–Crippen MR) is 66.0 cm³/mol. The molecule has 0 aromatic carbocycles. The van der Waals surface area contributed by atoms with Crippen LogP contribution < -0.4 is 10.6 Å². The maximum absolute atomic E-state index is 9.14. The number of nitrogens with zero attached hydrogens (tertiary/aromatic N) is 3. The van der Waals surface area contributed by atoms with Crippen LogP contribution in [0, 0.1) is 0 Å². The van der Waals surface area contributed by atoms with Crippen LogP contribution in [0.2, 0.25) is 0 Å². The zero-order chi connectivity index (χ0) is 12.4. The molecule has 0 bridgehead atoms. The standard InChI is InChI=1S/C11H20N4O2/c1-3-9-10(12)11(14(2)13-9)15-4-5-17-8(6-15)7-16/h8,16H,3-7,12H2,1-2H3. The summed E-state index contributed by atoms with van der Waals surface area (Å²) in [7, 11) is 1.90. The molecule has 96 valence electrons. The molecule has 17 heavy (non-hydrogen) atoms. The number of hydrogen-bond donors (Lipinski definition) is 2. The second-order valence-electron chi connectivity index (χ2n) is 4.28. The van der Waals surface area contributed by atoms with Crippen molar-refractivity contribution in [2.45, 2.75) is 19.4 Å². The summed E-state index contributed by atoms with van der Waals surface area (Å²) in [5.41, 5.74) is 7.77. The molecule has 1 aliphatic rings. The van der Waals surface area contributed by atoms with Gasteiger partial charge in [0.05, 0.1) is 30.7 Å². The highest BCUT2D eigenvalue weighted by Gasteiger charge is 2.25. The van der Waals surface area contributed by atoms with Crippen LogP contribution in [0.25, 0.3) is 0 Å². The molecule has 0 amide bonds. The lowest BCUT2D eigenvalue weighted by Crippen LogP contribution is -2.45. The van der Waals surface area contributed by atoms with Crippen molar-refractivity contribution in [1.82, 2.24) is 9.78 Å². The summed E-state index contributed by atoms with van der Waals surface area (Å²) >= 11 is 0. The summed E-state index contributed by atoms with van der Waals surface area (Å²) in [6.45, 7) is 4.12. The first-order valence-corrected chi connectivity index (χ1v) is 5.96. The van der Waals surface area contributed by atoms with E-state index in [9.17, 15) is 0 Å². The molecule has 1 atom stereocenters. The number of aryl methyl sites for hydroxylation is 2. The van der Waals surface area contributed by atoms with E-state index in [1.54, 1.807) is 0 Å². The molecule has 1 saturated heterocycles. The maximum Gasteiger partial charge on any atom is 0.150 e. The Bertz CT molecular complexity index is 391. The van der Waals surface area contributed by atoms with Gasteiger partial charge in [0.2, 0.25) is 0 Å². The Labute approximate surface area is 101 Å². The molecule has 2 rings (SSSR count).